The number of aromatic nitrogens is 2. The van der Waals surface area contributed by atoms with Gasteiger partial charge in [-0.15, -0.1) is 17.0 Å². The van der Waals surface area contributed by atoms with Crippen molar-refractivity contribution in [3.63, 3.8) is 0 Å². The average molecular weight is 421 g/mol. The number of nitrogens with one attached hydrogen (secondary N) is 1. The molecule has 0 spiro atoms. The molecule has 1 unspecified atom stereocenters. The highest BCUT2D eigenvalue weighted by atomic mass is 79.9. The Kier molecular flexibility index (Phi) is 4.72. The maximum atomic E-state index is 12.5. The van der Waals surface area contributed by atoms with E-state index in [9.17, 15) is 15.2 Å². The number of rotatable bonds is 2. The molecule has 1 atom stereocenters. The first kappa shape index (κ1) is 17.7. The van der Waals surface area contributed by atoms with Crippen LogP contribution in [0.15, 0.2) is 58.7 Å². The summed E-state index contributed by atoms with van der Waals surface area (Å²) in [5.74, 6) is 0. The molecule has 2 N–H and O–H groups in total. The number of para-hydroxylation sites is 1. The van der Waals surface area contributed by atoms with E-state index < -0.39 is 5.23 Å². The predicted octanol–water partition coefficient (Wildman–Crippen LogP) is 1.99. The van der Waals surface area contributed by atoms with Gasteiger partial charge in [0.2, 0.25) is 0 Å². The summed E-state index contributed by atoms with van der Waals surface area (Å²) in [5.41, 5.74) is 2.67. The number of hydrogen-bond donors (Lipinski definition) is 2. The van der Waals surface area contributed by atoms with E-state index in [1.54, 1.807) is 35.9 Å². The maximum Gasteiger partial charge on any atom is 0.349 e. The Morgan fingerprint density at radius 2 is 1.96 bits per heavy atom. The molecule has 4 rings (SSSR count). The molecule has 2 aromatic carbocycles. The summed E-state index contributed by atoms with van der Waals surface area (Å²) in [6, 6.07) is 14.3. The number of fused-ring (bicyclic) bond motifs is 3. The summed E-state index contributed by atoms with van der Waals surface area (Å²) in [6.07, 6.45) is 0. The molecule has 0 saturated carbocycles. The van der Waals surface area contributed by atoms with E-state index >= 15 is 0 Å². The van der Waals surface area contributed by atoms with Gasteiger partial charge < -0.3 is 5.21 Å². The third-order valence-corrected chi connectivity index (χ3v) is 5.09. The van der Waals surface area contributed by atoms with Crippen LogP contribution in [-0.4, -0.2) is 9.77 Å². The van der Waals surface area contributed by atoms with Crippen LogP contribution in [-0.2, 0) is 7.05 Å². The first-order chi connectivity index (χ1) is 11.6. The second-order valence-corrected chi connectivity index (χ2v) is 6.34. The largest absolute Gasteiger partial charge is 0.595 e. The van der Waals surface area contributed by atoms with Gasteiger partial charge in [-0.3, -0.25) is 0 Å². The summed E-state index contributed by atoms with van der Waals surface area (Å²) in [7, 11) is 1.75. The Bertz CT molecular complexity index is 1140. The smallest absolute Gasteiger partial charge is 0.349 e. The Balaban J connectivity index is 0.00000182. The average Bonchev–Trinajstić information content (AvgIpc) is 3.05. The molecule has 0 saturated heterocycles. The highest BCUT2D eigenvalue weighted by Gasteiger charge is 2.22. The fourth-order valence-electron chi connectivity index (χ4n) is 2.90. The molecule has 6 nitrogen and oxygen atoms in total. The zero-order chi connectivity index (χ0) is 16.8. The summed E-state index contributed by atoms with van der Waals surface area (Å²) in [4.78, 5) is 13.3. The maximum absolute atomic E-state index is 12.5. The van der Waals surface area contributed by atoms with Gasteiger partial charge in [0, 0.05) is 23.1 Å². The summed E-state index contributed by atoms with van der Waals surface area (Å²) in [6.45, 7) is 0. The van der Waals surface area contributed by atoms with Crippen molar-refractivity contribution >= 4 is 49.9 Å². The summed E-state index contributed by atoms with van der Waals surface area (Å²) >= 11 is 1.46. The van der Waals surface area contributed by atoms with Gasteiger partial charge in [0.15, 0.2) is 11.4 Å². The Morgan fingerprint density at radius 3 is 2.72 bits per heavy atom. The van der Waals surface area contributed by atoms with Crippen LogP contribution in [0.1, 0.15) is 0 Å². The van der Waals surface area contributed by atoms with Crippen molar-refractivity contribution in [3.8, 4) is 11.3 Å². The first-order valence-electron chi connectivity index (χ1n) is 7.32. The molecule has 0 aliphatic rings. The minimum atomic E-state index is -0.960. The molecule has 4 aromatic rings. The quantitative estimate of drug-likeness (QED) is 0.384. The zero-order valence-electron chi connectivity index (χ0n) is 13.2. The van der Waals surface area contributed by atoms with Crippen molar-refractivity contribution < 1.29 is 14.8 Å². The number of aryl methyl sites for hydroxylation is 1. The van der Waals surface area contributed by atoms with Crippen molar-refractivity contribution in [1.82, 2.24) is 4.57 Å². The number of thiazole rings is 1. The molecule has 128 valence electrons. The SMILES string of the molecule is Br.Cn1c(=O)c2ccccc2[n+]2c(-c3cccc([NH+]([O-])O)c3)csc12. The monoisotopic (exact) mass is 420 g/mol. The van der Waals surface area contributed by atoms with E-state index in [2.05, 4.69) is 0 Å². The molecule has 8 heteroatoms. The number of hydrogen-bond acceptors (Lipinski definition) is 4. The second-order valence-electron chi connectivity index (χ2n) is 5.51. The molecule has 0 bridgehead atoms. The fourth-order valence-corrected chi connectivity index (χ4v) is 3.91. The lowest BCUT2D eigenvalue weighted by Crippen LogP contribution is -2.99. The van der Waals surface area contributed by atoms with Crippen LogP contribution >= 0.6 is 28.3 Å². The number of halogens is 1. The van der Waals surface area contributed by atoms with Crippen molar-refractivity contribution in [2.75, 3.05) is 0 Å². The molecule has 0 radical (unpaired) electrons. The van der Waals surface area contributed by atoms with Crippen LogP contribution in [0.3, 0.4) is 0 Å². The molecule has 0 fully saturated rings. The standard InChI is InChI=1S/C17H14N3O3S.BrH/c1-18-16(21)13-7-2-3-8-14(13)19-15(10-24-17(18)19)11-5-4-6-12(9-11)20(22)23;/h2-10,20,22H,1H3;1H/q+1;. The molecule has 2 aromatic heterocycles. The first-order valence-corrected chi connectivity index (χ1v) is 8.20. The van der Waals surface area contributed by atoms with Crippen LogP contribution in [0.2, 0.25) is 0 Å². The van der Waals surface area contributed by atoms with Gasteiger partial charge in [-0.2, -0.15) is 14.2 Å². The van der Waals surface area contributed by atoms with Crippen LogP contribution in [0, 0.1) is 5.21 Å². The van der Waals surface area contributed by atoms with Crippen LogP contribution in [0.4, 0.5) is 5.69 Å². The lowest BCUT2D eigenvalue weighted by molar-refractivity contribution is -0.991. The number of benzene rings is 2. The van der Waals surface area contributed by atoms with Crippen LogP contribution < -0.4 is 15.2 Å². The van der Waals surface area contributed by atoms with E-state index in [1.807, 2.05) is 34.0 Å². The van der Waals surface area contributed by atoms with Crippen molar-refractivity contribution in [2.24, 2.45) is 7.05 Å². The van der Waals surface area contributed by atoms with E-state index in [1.165, 1.54) is 11.3 Å². The highest BCUT2D eigenvalue weighted by molar-refractivity contribution is 8.93. The molecular formula is C17H15BrN3O3S+. The molecule has 0 aliphatic carbocycles. The molecule has 2 heterocycles. The second kappa shape index (κ2) is 6.66. The normalized spacial score (nSPS) is 12.3. The van der Waals surface area contributed by atoms with E-state index in [4.69, 9.17) is 0 Å². The van der Waals surface area contributed by atoms with Crippen molar-refractivity contribution in [2.45, 2.75) is 0 Å². The minimum absolute atomic E-state index is 0. The topological polar surface area (TPSA) is 73.8 Å². The third kappa shape index (κ3) is 2.78. The van der Waals surface area contributed by atoms with Gasteiger partial charge in [-0.05, 0) is 12.1 Å². The third-order valence-electron chi connectivity index (χ3n) is 4.08. The highest BCUT2D eigenvalue weighted by Crippen LogP contribution is 2.23. The van der Waals surface area contributed by atoms with E-state index in [0.29, 0.717) is 5.39 Å². The van der Waals surface area contributed by atoms with Gasteiger partial charge in [0.05, 0.1) is 7.05 Å². The van der Waals surface area contributed by atoms with Gasteiger partial charge in [0.1, 0.15) is 10.9 Å². The Labute approximate surface area is 157 Å². The molecule has 0 aliphatic heterocycles. The predicted molar refractivity (Wildman–Crippen MR) is 102 cm³/mol. The molecule has 0 amide bonds. The summed E-state index contributed by atoms with van der Waals surface area (Å²) in [5, 5.41) is 22.1. The fraction of sp³-hybridized carbons (Fsp3) is 0.0588. The zero-order valence-corrected chi connectivity index (χ0v) is 15.7. The lowest BCUT2D eigenvalue weighted by Gasteiger charge is -2.11. The van der Waals surface area contributed by atoms with Gasteiger partial charge >= 0.3 is 10.5 Å². The van der Waals surface area contributed by atoms with Crippen LogP contribution in [0.5, 0.6) is 0 Å². The summed E-state index contributed by atoms with van der Waals surface area (Å²) < 4.78 is 3.62. The molecule has 25 heavy (non-hydrogen) atoms. The van der Waals surface area contributed by atoms with Crippen molar-refractivity contribution in [3.05, 3.63) is 69.5 Å². The number of nitrogens with zero attached hydrogens (tertiary/aromatic N) is 2. The number of quaternary nitrogens is 1. The molecular weight excluding hydrogens is 406 g/mol. The van der Waals surface area contributed by atoms with E-state index in [-0.39, 0.29) is 28.2 Å². The Morgan fingerprint density at radius 1 is 1.20 bits per heavy atom. The van der Waals surface area contributed by atoms with E-state index in [0.717, 1.165) is 21.7 Å². The van der Waals surface area contributed by atoms with Gasteiger partial charge in [0.25, 0.3) is 0 Å². The van der Waals surface area contributed by atoms with Gasteiger partial charge in [-0.25, -0.2) is 10.0 Å². The van der Waals surface area contributed by atoms with Gasteiger partial charge in [-0.1, -0.05) is 35.6 Å². The van der Waals surface area contributed by atoms with Crippen molar-refractivity contribution in [1.29, 1.82) is 0 Å². The Hall–Kier alpha value is -2.10. The van der Waals surface area contributed by atoms with Crippen LogP contribution in [0.25, 0.3) is 27.1 Å². The lowest BCUT2D eigenvalue weighted by atomic mass is 10.1. The minimum Gasteiger partial charge on any atom is -0.595 e.